The van der Waals surface area contributed by atoms with Crippen LogP contribution in [0.15, 0.2) is 30.6 Å². The second-order valence-electron chi connectivity index (χ2n) is 6.72. The third-order valence-corrected chi connectivity index (χ3v) is 5.15. The first-order chi connectivity index (χ1) is 11.7. The minimum Gasteiger partial charge on any atom is -0.492 e. The third kappa shape index (κ3) is 2.77. The van der Waals surface area contributed by atoms with Gasteiger partial charge in [0.25, 0.3) is 0 Å². The minimum absolute atomic E-state index is 0.0636. The topological polar surface area (TPSA) is 60.2 Å². The predicted molar refractivity (Wildman–Crippen MR) is 88.7 cm³/mol. The fourth-order valence-corrected chi connectivity index (χ4v) is 3.76. The number of ether oxygens (including phenoxy) is 1. The molecule has 3 heterocycles. The van der Waals surface area contributed by atoms with Gasteiger partial charge in [0.05, 0.1) is 5.92 Å². The highest BCUT2D eigenvalue weighted by Gasteiger charge is 2.32. The van der Waals surface area contributed by atoms with Gasteiger partial charge in [-0.2, -0.15) is 0 Å². The Hall–Kier alpha value is -2.37. The van der Waals surface area contributed by atoms with E-state index in [9.17, 15) is 4.79 Å². The Morgan fingerprint density at radius 2 is 2.04 bits per heavy atom. The number of hydrogen-bond acceptors (Lipinski definition) is 4. The summed E-state index contributed by atoms with van der Waals surface area (Å²) < 4.78 is 7.75. The summed E-state index contributed by atoms with van der Waals surface area (Å²) in [4.78, 5) is 14.8. The zero-order valence-electron chi connectivity index (χ0n) is 13.9. The first-order valence-corrected chi connectivity index (χ1v) is 8.56. The number of aryl methyl sites for hydroxylation is 1. The van der Waals surface area contributed by atoms with Crippen molar-refractivity contribution in [2.24, 2.45) is 13.0 Å². The van der Waals surface area contributed by atoms with Crippen molar-refractivity contribution in [3.63, 3.8) is 0 Å². The fraction of sp³-hybridized carbons (Fsp3) is 0.500. The number of benzene rings is 1. The van der Waals surface area contributed by atoms with Crippen molar-refractivity contribution in [2.75, 3.05) is 19.7 Å². The van der Waals surface area contributed by atoms with E-state index in [1.54, 1.807) is 6.33 Å². The Morgan fingerprint density at radius 1 is 1.25 bits per heavy atom. The summed E-state index contributed by atoms with van der Waals surface area (Å²) >= 11 is 0. The van der Waals surface area contributed by atoms with Crippen LogP contribution >= 0.6 is 0 Å². The molecule has 1 fully saturated rings. The van der Waals surface area contributed by atoms with Crippen LogP contribution in [0.1, 0.15) is 30.1 Å². The second kappa shape index (κ2) is 6.26. The summed E-state index contributed by atoms with van der Waals surface area (Å²) in [7, 11) is 1.98. The Kier molecular flexibility index (Phi) is 3.96. The lowest BCUT2D eigenvalue weighted by Gasteiger charge is -2.35. The van der Waals surface area contributed by atoms with Gasteiger partial charge in [0, 0.05) is 26.1 Å². The van der Waals surface area contributed by atoms with Crippen molar-refractivity contribution in [1.82, 2.24) is 19.7 Å². The lowest BCUT2D eigenvalue weighted by atomic mass is 9.92. The third-order valence-electron chi connectivity index (χ3n) is 5.15. The highest BCUT2D eigenvalue weighted by molar-refractivity contribution is 5.80. The zero-order valence-corrected chi connectivity index (χ0v) is 13.9. The van der Waals surface area contributed by atoms with Crippen LogP contribution < -0.4 is 4.74 Å². The summed E-state index contributed by atoms with van der Waals surface area (Å²) in [5, 5.41) is 8.18. The second-order valence-corrected chi connectivity index (χ2v) is 6.72. The normalized spacial score (nSPS) is 21.2. The molecule has 1 atom stereocenters. The summed E-state index contributed by atoms with van der Waals surface area (Å²) in [5.41, 5.74) is 1.14. The molecule has 0 saturated carbocycles. The van der Waals surface area contributed by atoms with E-state index in [1.807, 2.05) is 34.7 Å². The van der Waals surface area contributed by atoms with E-state index in [1.165, 1.54) is 0 Å². The zero-order chi connectivity index (χ0) is 16.5. The monoisotopic (exact) mass is 326 g/mol. The van der Waals surface area contributed by atoms with Crippen LogP contribution in [-0.2, 0) is 18.3 Å². The maximum Gasteiger partial charge on any atom is 0.229 e. The van der Waals surface area contributed by atoms with Gasteiger partial charge in [-0.05, 0) is 30.9 Å². The molecule has 1 aromatic heterocycles. The largest absolute Gasteiger partial charge is 0.492 e. The molecule has 0 spiro atoms. The Balaban J connectivity index is 1.38. The van der Waals surface area contributed by atoms with Gasteiger partial charge < -0.3 is 14.2 Å². The van der Waals surface area contributed by atoms with E-state index < -0.39 is 0 Å². The first kappa shape index (κ1) is 15.2. The van der Waals surface area contributed by atoms with E-state index in [0.717, 1.165) is 49.5 Å². The quantitative estimate of drug-likeness (QED) is 0.844. The Labute approximate surface area is 141 Å². The molecule has 0 radical (unpaired) electrons. The SMILES string of the molecule is Cn1cnnc1C1CCN(C(=O)C2COc3ccccc3C2)CC1. The first-order valence-electron chi connectivity index (χ1n) is 8.56. The van der Waals surface area contributed by atoms with Gasteiger partial charge in [-0.25, -0.2) is 0 Å². The molecule has 6 nitrogen and oxygen atoms in total. The number of rotatable bonds is 2. The van der Waals surface area contributed by atoms with Crippen molar-refractivity contribution in [3.8, 4) is 5.75 Å². The maximum absolute atomic E-state index is 12.8. The molecular weight excluding hydrogens is 304 g/mol. The highest BCUT2D eigenvalue weighted by Crippen LogP contribution is 2.30. The maximum atomic E-state index is 12.8. The number of aromatic nitrogens is 3. The van der Waals surface area contributed by atoms with Crippen molar-refractivity contribution < 1.29 is 9.53 Å². The van der Waals surface area contributed by atoms with Gasteiger partial charge in [-0.1, -0.05) is 18.2 Å². The lowest BCUT2D eigenvalue weighted by Crippen LogP contribution is -2.44. The van der Waals surface area contributed by atoms with Gasteiger partial charge in [-0.15, -0.1) is 10.2 Å². The van der Waals surface area contributed by atoms with E-state index >= 15 is 0 Å². The highest BCUT2D eigenvalue weighted by atomic mass is 16.5. The Morgan fingerprint density at radius 3 is 2.79 bits per heavy atom. The van der Waals surface area contributed by atoms with E-state index in [4.69, 9.17) is 4.74 Å². The van der Waals surface area contributed by atoms with E-state index in [-0.39, 0.29) is 11.8 Å². The number of piperidine rings is 1. The van der Waals surface area contributed by atoms with Gasteiger partial charge in [0.2, 0.25) is 5.91 Å². The molecule has 126 valence electrons. The molecule has 2 aliphatic rings. The van der Waals surface area contributed by atoms with Crippen LogP contribution in [0.5, 0.6) is 5.75 Å². The van der Waals surface area contributed by atoms with Gasteiger partial charge in [0.15, 0.2) is 0 Å². The van der Waals surface area contributed by atoms with Crippen molar-refractivity contribution in [2.45, 2.75) is 25.2 Å². The van der Waals surface area contributed by atoms with Crippen molar-refractivity contribution >= 4 is 5.91 Å². The van der Waals surface area contributed by atoms with Crippen LogP contribution in [-0.4, -0.2) is 45.3 Å². The van der Waals surface area contributed by atoms with Crippen LogP contribution in [0, 0.1) is 5.92 Å². The summed E-state index contributed by atoms with van der Waals surface area (Å²) in [6.07, 6.45) is 4.41. The van der Waals surface area contributed by atoms with Crippen LogP contribution in [0.2, 0.25) is 0 Å². The number of nitrogens with zero attached hydrogens (tertiary/aromatic N) is 4. The molecule has 2 aliphatic heterocycles. The number of carbonyl (C=O) groups is 1. The molecule has 2 aromatic rings. The van der Waals surface area contributed by atoms with E-state index in [2.05, 4.69) is 16.3 Å². The molecule has 0 N–H and O–H groups in total. The predicted octanol–water partition coefficient (Wildman–Crippen LogP) is 1.77. The van der Waals surface area contributed by atoms with Crippen molar-refractivity contribution in [1.29, 1.82) is 0 Å². The summed E-state index contributed by atoms with van der Waals surface area (Å²) in [5.74, 6) is 2.50. The standard InChI is InChI=1S/C18H22N4O2/c1-21-12-19-20-17(21)13-6-8-22(9-7-13)18(23)15-10-14-4-2-3-5-16(14)24-11-15/h2-5,12-13,15H,6-11H2,1H3. The number of carbonyl (C=O) groups excluding carboxylic acids is 1. The molecule has 0 bridgehead atoms. The number of hydrogen-bond donors (Lipinski definition) is 0. The molecule has 1 saturated heterocycles. The van der Waals surface area contributed by atoms with Gasteiger partial charge >= 0.3 is 0 Å². The smallest absolute Gasteiger partial charge is 0.229 e. The van der Waals surface area contributed by atoms with Crippen LogP contribution in [0.25, 0.3) is 0 Å². The minimum atomic E-state index is -0.0636. The number of likely N-dealkylation sites (tertiary alicyclic amines) is 1. The van der Waals surface area contributed by atoms with E-state index in [0.29, 0.717) is 12.5 Å². The van der Waals surface area contributed by atoms with Gasteiger partial charge in [0.1, 0.15) is 24.5 Å². The van der Waals surface area contributed by atoms with Crippen LogP contribution in [0.4, 0.5) is 0 Å². The lowest BCUT2D eigenvalue weighted by molar-refractivity contribution is -0.138. The molecule has 6 heteroatoms. The summed E-state index contributed by atoms with van der Waals surface area (Å²) in [6, 6.07) is 8.00. The molecule has 1 aromatic carbocycles. The average Bonchev–Trinajstić information content (AvgIpc) is 3.07. The molecule has 24 heavy (non-hydrogen) atoms. The number of fused-ring (bicyclic) bond motifs is 1. The van der Waals surface area contributed by atoms with Crippen molar-refractivity contribution in [3.05, 3.63) is 42.0 Å². The number of amides is 1. The fourth-order valence-electron chi connectivity index (χ4n) is 3.76. The molecule has 4 rings (SSSR count). The Bertz CT molecular complexity index is 734. The molecule has 0 aliphatic carbocycles. The molecule has 1 unspecified atom stereocenters. The van der Waals surface area contributed by atoms with Gasteiger partial charge in [-0.3, -0.25) is 4.79 Å². The van der Waals surface area contributed by atoms with Crippen LogP contribution in [0.3, 0.4) is 0 Å². The molecule has 1 amide bonds. The molecular formula is C18H22N4O2. The summed E-state index contributed by atoms with van der Waals surface area (Å²) in [6.45, 7) is 2.06. The average molecular weight is 326 g/mol. The number of para-hydroxylation sites is 1.